The summed E-state index contributed by atoms with van der Waals surface area (Å²) in [6.07, 6.45) is 4.66. The van der Waals surface area contributed by atoms with Gasteiger partial charge >= 0.3 is 11.9 Å². The lowest BCUT2D eigenvalue weighted by Crippen LogP contribution is -2.47. The van der Waals surface area contributed by atoms with Crippen molar-refractivity contribution in [2.24, 2.45) is 0 Å². The van der Waals surface area contributed by atoms with Crippen LogP contribution in [-0.2, 0) is 39.4 Å². The molecule has 0 saturated carbocycles. The number of carbonyl (C=O) groups is 2. The Balaban J connectivity index is 2.10. The second-order valence-corrected chi connectivity index (χ2v) is 11.6. The van der Waals surface area contributed by atoms with E-state index in [1.165, 1.54) is 27.1 Å². The zero-order valence-electron chi connectivity index (χ0n) is 23.1. The average molecular weight is 557 g/mol. The molecule has 0 aliphatic rings. The van der Waals surface area contributed by atoms with Crippen molar-refractivity contribution in [3.63, 3.8) is 0 Å². The second-order valence-electron chi connectivity index (χ2n) is 9.54. The van der Waals surface area contributed by atoms with Crippen molar-refractivity contribution in [3.05, 3.63) is 12.7 Å². The molecule has 3 N–H and O–H groups in total. The van der Waals surface area contributed by atoms with Crippen LogP contribution in [0.25, 0.3) is 11.2 Å². The highest BCUT2D eigenvalue weighted by Gasteiger charge is 2.40. The van der Waals surface area contributed by atoms with Crippen molar-refractivity contribution in [2.45, 2.75) is 91.5 Å². The van der Waals surface area contributed by atoms with E-state index in [9.17, 15) is 14.2 Å². The maximum absolute atomic E-state index is 13.9. The highest BCUT2D eigenvalue weighted by atomic mass is 31.2. The largest absolute Gasteiger partial charge is 0.464 e. The minimum atomic E-state index is -3.92. The third kappa shape index (κ3) is 9.30. The van der Waals surface area contributed by atoms with Gasteiger partial charge in [-0.1, -0.05) is 26.2 Å². The van der Waals surface area contributed by atoms with Crippen LogP contribution in [0.4, 0.5) is 5.82 Å². The van der Waals surface area contributed by atoms with Crippen molar-refractivity contribution in [1.82, 2.24) is 24.6 Å². The minimum absolute atomic E-state index is 0.139. The number of hydrogen-bond donors (Lipinski definition) is 2. The topological polar surface area (TPSA) is 170 Å². The summed E-state index contributed by atoms with van der Waals surface area (Å²) in [6, 6.07) is 0. The molecule has 14 heteroatoms. The standard InChI is InChI=1S/C24H41N6O7P/c1-7-9-10-11-12-35-23(32)24(5,6)29-38(33,37-18(4)22(31)34-8-2)16-36-17(3)13-30-15-28-19-20(25)26-14-27-21(19)30/h14-15,17-18H,7-13,16H2,1-6H3,(H,29,33)(H2,25,26,27). The summed E-state index contributed by atoms with van der Waals surface area (Å²) in [5, 5.41) is 2.77. The molecule has 2 aromatic rings. The van der Waals surface area contributed by atoms with Gasteiger partial charge < -0.3 is 29.0 Å². The molecule has 0 amide bonds. The number of unbranched alkanes of at least 4 members (excludes halogenated alkanes) is 3. The number of aromatic nitrogens is 4. The van der Waals surface area contributed by atoms with Gasteiger partial charge in [-0.3, -0.25) is 9.36 Å². The fraction of sp³-hybridized carbons (Fsp3) is 0.708. The smallest absolute Gasteiger partial charge is 0.335 e. The van der Waals surface area contributed by atoms with E-state index in [1.807, 2.05) is 0 Å². The Bertz CT molecular complexity index is 1110. The molecule has 38 heavy (non-hydrogen) atoms. The highest BCUT2D eigenvalue weighted by molar-refractivity contribution is 7.56. The SMILES string of the molecule is CCCCCCOC(=O)C(C)(C)NP(=O)(COC(C)Cn1cnc2c(N)ncnc21)OC(C)C(=O)OCC. The van der Waals surface area contributed by atoms with Crippen LogP contribution < -0.4 is 10.8 Å². The Morgan fingerprint density at radius 3 is 2.55 bits per heavy atom. The first kappa shape index (κ1) is 31.6. The van der Waals surface area contributed by atoms with Crippen LogP contribution in [0.3, 0.4) is 0 Å². The van der Waals surface area contributed by atoms with Crippen LogP contribution in [0.2, 0.25) is 0 Å². The molecule has 0 fully saturated rings. The average Bonchev–Trinajstić information content (AvgIpc) is 3.26. The monoisotopic (exact) mass is 556 g/mol. The van der Waals surface area contributed by atoms with Gasteiger partial charge in [0.15, 0.2) is 17.6 Å². The Kier molecular flexibility index (Phi) is 12.1. The van der Waals surface area contributed by atoms with Crippen LogP contribution in [-0.4, -0.2) is 68.8 Å². The number of anilines is 1. The Morgan fingerprint density at radius 2 is 1.87 bits per heavy atom. The molecule has 3 atom stereocenters. The maximum atomic E-state index is 13.9. The number of nitrogen functional groups attached to an aromatic ring is 1. The number of rotatable bonds is 17. The fourth-order valence-corrected chi connectivity index (χ4v) is 5.75. The lowest BCUT2D eigenvalue weighted by molar-refractivity contribution is -0.150. The van der Waals surface area contributed by atoms with Crippen molar-refractivity contribution in [3.8, 4) is 0 Å². The number of carbonyl (C=O) groups excluding carboxylic acids is 2. The first-order valence-corrected chi connectivity index (χ1v) is 14.7. The van der Waals surface area contributed by atoms with Crippen LogP contribution in [0, 0.1) is 0 Å². The third-order valence-electron chi connectivity index (χ3n) is 5.55. The quantitative estimate of drug-likeness (QED) is 0.166. The first-order valence-electron chi connectivity index (χ1n) is 12.9. The third-order valence-corrected chi connectivity index (χ3v) is 7.60. The van der Waals surface area contributed by atoms with Crippen molar-refractivity contribution >= 4 is 36.4 Å². The first-order chi connectivity index (χ1) is 17.9. The number of esters is 2. The van der Waals surface area contributed by atoms with Crippen LogP contribution in [0.1, 0.15) is 67.2 Å². The predicted molar refractivity (Wildman–Crippen MR) is 142 cm³/mol. The molecule has 0 bridgehead atoms. The highest BCUT2D eigenvalue weighted by Crippen LogP contribution is 2.46. The molecule has 2 rings (SSSR count). The molecule has 13 nitrogen and oxygen atoms in total. The normalized spacial score (nSPS) is 15.1. The summed E-state index contributed by atoms with van der Waals surface area (Å²) >= 11 is 0. The van der Waals surface area contributed by atoms with E-state index in [2.05, 4.69) is 27.0 Å². The fourth-order valence-electron chi connectivity index (χ4n) is 3.58. The number of ether oxygens (including phenoxy) is 3. The molecule has 0 aliphatic heterocycles. The molecule has 214 valence electrons. The number of nitrogens with two attached hydrogens (primary N) is 1. The van der Waals surface area contributed by atoms with Crippen LogP contribution >= 0.6 is 7.52 Å². The second kappa shape index (κ2) is 14.5. The molecule has 2 heterocycles. The zero-order valence-corrected chi connectivity index (χ0v) is 24.0. The van der Waals surface area contributed by atoms with Gasteiger partial charge in [0.05, 0.1) is 32.2 Å². The Morgan fingerprint density at radius 1 is 1.13 bits per heavy atom. The molecule has 0 aliphatic carbocycles. The molecule has 0 saturated heterocycles. The number of nitrogens with one attached hydrogen (secondary N) is 1. The van der Waals surface area contributed by atoms with Gasteiger partial charge in [-0.05, 0) is 41.0 Å². The maximum Gasteiger partial charge on any atom is 0.335 e. The van der Waals surface area contributed by atoms with Crippen molar-refractivity contribution < 1.29 is 32.9 Å². The molecular formula is C24H41N6O7P. The number of imidazole rings is 1. The number of nitrogens with zero attached hydrogens (tertiary/aromatic N) is 4. The van der Waals surface area contributed by atoms with E-state index in [4.69, 9.17) is 24.5 Å². The summed E-state index contributed by atoms with van der Waals surface area (Å²) < 4.78 is 37.5. The lowest BCUT2D eigenvalue weighted by atomic mass is 10.1. The Hall–Kier alpha value is -2.60. The van der Waals surface area contributed by atoms with Crippen molar-refractivity contribution in [2.75, 3.05) is 25.3 Å². The predicted octanol–water partition coefficient (Wildman–Crippen LogP) is 3.42. The van der Waals surface area contributed by atoms with Gasteiger partial charge in [-0.25, -0.2) is 24.8 Å². The summed E-state index contributed by atoms with van der Waals surface area (Å²) in [6.45, 7) is 10.7. The number of fused-ring (bicyclic) bond motifs is 1. The molecule has 0 spiro atoms. The van der Waals surface area contributed by atoms with Gasteiger partial charge in [-0.2, -0.15) is 0 Å². The van der Waals surface area contributed by atoms with Crippen LogP contribution in [0.15, 0.2) is 12.7 Å². The minimum Gasteiger partial charge on any atom is -0.464 e. The van der Waals surface area contributed by atoms with Crippen LogP contribution in [0.5, 0.6) is 0 Å². The van der Waals surface area contributed by atoms with E-state index in [-0.39, 0.29) is 19.0 Å². The summed E-state index contributed by atoms with van der Waals surface area (Å²) in [7, 11) is -3.92. The van der Waals surface area contributed by atoms with Gasteiger partial charge in [0.25, 0.3) is 7.52 Å². The lowest BCUT2D eigenvalue weighted by Gasteiger charge is -2.31. The van der Waals surface area contributed by atoms with Gasteiger partial charge in [0.1, 0.15) is 23.7 Å². The van der Waals surface area contributed by atoms with Gasteiger partial charge in [-0.15, -0.1) is 0 Å². The van der Waals surface area contributed by atoms with E-state index in [0.717, 1.165) is 25.7 Å². The molecular weight excluding hydrogens is 515 g/mol. The van der Waals surface area contributed by atoms with Gasteiger partial charge in [0.2, 0.25) is 0 Å². The van der Waals surface area contributed by atoms with Crippen molar-refractivity contribution in [1.29, 1.82) is 0 Å². The van der Waals surface area contributed by atoms with E-state index in [0.29, 0.717) is 17.7 Å². The molecule has 3 unspecified atom stereocenters. The zero-order chi connectivity index (χ0) is 28.3. The number of hydrogen-bond acceptors (Lipinski definition) is 11. The van der Waals surface area contributed by atoms with Gasteiger partial charge in [0, 0.05) is 0 Å². The van der Waals surface area contributed by atoms with E-state index in [1.54, 1.807) is 24.7 Å². The summed E-state index contributed by atoms with van der Waals surface area (Å²) in [4.78, 5) is 37.3. The molecule has 0 aromatic carbocycles. The Labute approximate surface area is 223 Å². The summed E-state index contributed by atoms with van der Waals surface area (Å²) in [5.74, 6) is -1.00. The molecule has 2 aromatic heterocycles. The van der Waals surface area contributed by atoms with E-state index >= 15 is 0 Å². The summed E-state index contributed by atoms with van der Waals surface area (Å²) in [5.41, 5.74) is 5.47. The van der Waals surface area contributed by atoms with E-state index < -0.39 is 43.6 Å². The molecule has 0 radical (unpaired) electrons.